The standard InChI is InChI=1S/C21H28N6/c1-15-7-8-18-16(13-25-19(18)12-15)9-11-24-21(22-2)26-14-17-6-5-10-23-20(17)27(3)4/h5-8,10,12-13,25H,9,11,14H2,1-4H3,(H2,22,24,26). The van der Waals surface area contributed by atoms with Crippen LogP contribution in [0.15, 0.2) is 47.7 Å². The molecule has 0 fully saturated rings. The van der Waals surface area contributed by atoms with Crippen LogP contribution in [-0.2, 0) is 13.0 Å². The number of hydrogen-bond acceptors (Lipinski definition) is 3. The third-order valence-electron chi connectivity index (χ3n) is 4.57. The summed E-state index contributed by atoms with van der Waals surface area (Å²) >= 11 is 0. The molecule has 3 aromatic rings. The van der Waals surface area contributed by atoms with Crippen molar-refractivity contribution >= 4 is 22.7 Å². The lowest BCUT2D eigenvalue weighted by atomic mass is 10.1. The number of aryl methyl sites for hydroxylation is 1. The molecule has 0 aliphatic carbocycles. The fourth-order valence-electron chi connectivity index (χ4n) is 3.19. The van der Waals surface area contributed by atoms with Gasteiger partial charge in [-0.25, -0.2) is 4.98 Å². The van der Waals surface area contributed by atoms with E-state index in [0.29, 0.717) is 6.54 Å². The van der Waals surface area contributed by atoms with Crippen molar-refractivity contribution in [3.05, 3.63) is 59.4 Å². The number of guanidine groups is 1. The van der Waals surface area contributed by atoms with Crippen molar-refractivity contribution in [3.8, 4) is 0 Å². The molecule has 0 saturated carbocycles. The van der Waals surface area contributed by atoms with Crippen LogP contribution in [0.5, 0.6) is 0 Å². The zero-order valence-corrected chi connectivity index (χ0v) is 16.5. The number of benzene rings is 1. The summed E-state index contributed by atoms with van der Waals surface area (Å²) in [5.41, 5.74) is 4.92. The molecule has 0 radical (unpaired) electrons. The van der Waals surface area contributed by atoms with E-state index in [1.807, 2.05) is 31.3 Å². The molecule has 0 amide bonds. The van der Waals surface area contributed by atoms with Crippen molar-refractivity contribution < 1.29 is 0 Å². The van der Waals surface area contributed by atoms with Gasteiger partial charge in [0.2, 0.25) is 0 Å². The van der Waals surface area contributed by atoms with Crippen LogP contribution in [-0.4, -0.2) is 43.6 Å². The number of aromatic amines is 1. The Bertz CT molecular complexity index is 925. The third kappa shape index (κ3) is 4.58. The molecule has 0 aliphatic rings. The summed E-state index contributed by atoms with van der Waals surface area (Å²) in [5.74, 6) is 1.76. The summed E-state index contributed by atoms with van der Waals surface area (Å²) in [5, 5.41) is 8.05. The molecular weight excluding hydrogens is 336 g/mol. The second kappa shape index (κ2) is 8.58. The van der Waals surface area contributed by atoms with Crippen LogP contribution >= 0.6 is 0 Å². The molecular formula is C21H28N6. The molecule has 0 spiro atoms. The van der Waals surface area contributed by atoms with Crippen molar-refractivity contribution in [3.63, 3.8) is 0 Å². The molecule has 27 heavy (non-hydrogen) atoms. The minimum atomic E-state index is 0.674. The van der Waals surface area contributed by atoms with E-state index in [4.69, 9.17) is 0 Å². The van der Waals surface area contributed by atoms with Gasteiger partial charge < -0.3 is 20.5 Å². The van der Waals surface area contributed by atoms with E-state index in [9.17, 15) is 0 Å². The summed E-state index contributed by atoms with van der Waals surface area (Å²) in [6, 6.07) is 10.6. The second-order valence-corrected chi connectivity index (χ2v) is 6.85. The van der Waals surface area contributed by atoms with Gasteiger partial charge in [0.15, 0.2) is 5.96 Å². The summed E-state index contributed by atoms with van der Waals surface area (Å²) in [4.78, 5) is 14.1. The molecule has 6 nitrogen and oxygen atoms in total. The number of aromatic nitrogens is 2. The Balaban J connectivity index is 1.55. The number of nitrogens with one attached hydrogen (secondary N) is 3. The maximum absolute atomic E-state index is 4.44. The van der Waals surface area contributed by atoms with Crippen LogP contribution in [0.1, 0.15) is 16.7 Å². The van der Waals surface area contributed by atoms with Gasteiger partial charge >= 0.3 is 0 Å². The first kappa shape index (κ1) is 18.8. The first-order chi connectivity index (χ1) is 13.1. The van der Waals surface area contributed by atoms with E-state index in [1.54, 1.807) is 7.05 Å². The minimum absolute atomic E-state index is 0.674. The van der Waals surface area contributed by atoms with Gasteiger partial charge in [-0.15, -0.1) is 0 Å². The van der Waals surface area contributed by atoms with Crippen LogP contribution in [0.3, 0.4) is 0 Å². The topological polar surface area (TPSA) is 68.3 Å². The molecule has 0 atom stereocenters. The number of hydrogen-bond donors (Lipinski definition) is 3. The molecule has 0 aliphatic heterocycles. The Morgan fingerprint density at radius 2 is 2.04 bits per heavy atom. The molecule has 0 bridgehead atoms. The van der Waals surface area contributed by atoms with E-state index in [0.717, 1.165) is 30.3 Å². The zero-order chi connectivity index (χ0) is 19.2. The summed E-state index contributed by atoms with van der Waals surface area (Å²) in [6.45, 7) is 3.60. The lowest BCUT2D eigenvalue weighted by Gasteiger charge is -2.17. The summed E-state index contributed by atoms with van der Waals surface area (Å²) < 4.78 is 0. The molecule has 0 saturated heterocycles. The maximum Gasteiger partial charge on any atom is 0.191 e. The van der Waals surface area contributed by atoms with E-state index in [2.05, 4.69) is 63.0 Å². The van der Waals surface area contributed by atoms with Gasteiger partial charge in [0, 0.05) is 63.1 Å². The molecule has 0 unspecified atom stereocenters. The molecule has 3 rings (SSSR count). The van der Waals surface area contributed by atoms with Crippen molar-refractivity contribution in [2.24, 2.45) is 4.99 Å². The van der Waals surface area contributed by atoms with Crippen LogP contribution in [0.4, 0.5) is 5.82 Å². The first-order valence-electron chi connectivity index (χ1n) is 9.21. The van der Waals surface area contributed by atoms with Gasteiger partial charge in [-0.05, 0) is 36.6 Å². The fourth-order valence-corrected chi connectivity index (χ4v) is 3.19. The Kier molecular flexibility index (Phi) is 5.96. The lowest BCUT2D eigenvalue weighted by Crippen LogP contribution is -2.38. The van der Waals surface area contributed by atoms with E-state index >= 15 is 0 Å². The molecule has 1 aromatic carbocycles. The van der Waals surface area contributed by atoms with Crippen LogP contribution < -0.4 is 15.5 Å². The maximum atomic E-state index is 4.44. The Morgan fingerprint density at radius 1 is 1.19 bits per heavy atom. The number of aliphatic imine (C=N–C) groups is 1. The third-order valence-corrected chi connectivity index (χ3v) is 4.57. The number of pyridine rings is 1. The molecule has 142 valence electrons. The second-order valence-electron chi connectivity index (χ2n) is 6.85. The number of nitrogens with zero attached hydrogens (tertiary/aromatic N) is 3. The largest absolute Gasteiger partial charge is 0.362 e. The number of fused-ring (bicyclic) bond motifs is 1. The minimum Gasteiger partial charge on any atom is -0.362 e. The highest BCUT2D eigenvalue weighted by Gasteiger charge is 2.07. The van der Waals surface area contributed by atoms with Crippen molar-refractivity contribution in [1.82, 2.24) is 20.6 Å². The van der Waals surface area contributed by atoms with Gasteiger partial charge in [-0.1, -0.05) is 18.2 Å². The highest BCUT2D eigenvalue weighted by molar-refractivity contribution is 5.84. The number of H-pyrrole nitrogens is 1. The SMILES string of the molecule is CN=C(NCCc1c[nH]c2cc(C)ccc12)NCc1cccnc1N(C)C. The Morgan fingerprint density at radius 3 is 2.81 bits per heavy atom. The average molecular weight is 364 g/mol. The van der Waals surface area contributed by atoms with Crippen LogP contribution in [0, 0.1) is 6.92 Å². The van der Waals surface area contributed by atoms with E-state index in [1.165, 1.54) is 22.0 Å². The predicted molar refractivity (Wildman–Crippen MR) is 114 cm³/mol. The van der Waals surface area contributed by atoms with E-state index < -0.39 is 0 Å². The Hall–Kier alpha value is -3.02. The lowest BCUT2D eigenvalue weighted by molar-refractivity contribution is 0.793. The molecule has 2 aromatic heterocycles. The first-order valence-corrected chi connectivity index (χ1v) is 9.21. The molecule has 6 heteroatoms. The van der Waals surface area contributed by atoms with Gasteiger partial charge in [0.25, 0.3) is 0 Å². The predicted octanol–water partition coefficient (Wildman–Crippen LogP) is 2.85. The number of anilines is 1. The van der Waals surface area contributed by atoms with Crippen molar-refractivity contribution in [1.29, 1.82) is 0 Å². The molecule has 3 N–H and O–H groups in total. The quantitative estimate of drug-likeness (QED) is 0.465. The summed E-state index contributed by atoms with van der Waals surface area (Å²) in [6.07, 6.45) is 4.84. The van der Waals surface area contributed by atoms with Crippen LogP contribution in [0.2, 0.25) is 0 Å². The average Bonchev–Trinajstić information content (AvgIpc) is 3.06. The number of rotatable bonds is 6. The smallest absolute Gasteiger partial charge is 0.191 e. The highest BCUT2D eigenvalue weighted by Crippen LogP contribution is 2.19. The van der Waals surface area contributed by atoms with Gasteiger partial charge in [0.1, 0.15) is 5.82 Å². The normalized spacial score (nSPS) is 11.6. The van der Waals surface area contributed by atoms with Crippen LogP contribution in [0.25, 0.3) is 10.9 Å². The van der Waals surface area contributed by atoms with Crippen molar-refractivity contribution in [2.45, 2.75) is 19.9 Å². The van der Waals surface area contributed by atoms with Gasteiger partial charge in [0.05, 0.1) is 0 Å². The van der Waals surface area contributed by atoms with E-state index in [-0.39, 0.29) is 0 Å². The zero-order valence-electron chi connectivity index (χ0n) is 16.5. The summed E-state index contributed by atoms with van der Waals surface area (Å²) in [7, 11) is 5.79. The molecule has 2 heterocycles. The Labute approximate surface area is 160 Å². The monoisotopic (exact) mass is 364 g/mol. The van der Waals surface area contributed by atoms with Gasteiger partial charge in [-0.2, -0.15) is 0 Å². The highest BCUT2D eigenvalue weighted by atomic mass is 15.2. The van der Waals surface area contributed by atoms with Gasteiger partial charge in [-0.3, -0.25) is 4.99 Å². The van der Waals surface area contributed by atoms with Crippen molar-refractivity contribution in [2.75, 3.05) is 32.6 Å². The fraction of sp³-hybridized carbons (Fsp3) is 0.333.